The van der Waals surface area contributed by atoms with E-state index in [2.05, 4.69) is 119 Å². The number of pyridine rings is 2. The number of rotatable bonds is 5. The van der Waals surface area contributed by atoms with Gasteiger partial charge >= 0.3 is 0 Å². The topological polar surface area (TPSA) is 51.6 Å². The standard InChI is InChI=1S/C40H26N4/c1-3-13-33-28(9-1)11-7-15-35(33)39-26-38(43-40(44-39)36-16-8-12-29-10-2-4-14-34(29)36)32-24-30(27-18-21-41-22-19-27)23-31(25-32)37-17-5-6-20-42-37/h1-26H. The van der Waals surface area contributed by atoms with Gasteiger partial charge in [-0.25, -0.2) is 9.97 Å². The van der Waals surface area contributed by atoms with Crippen molar-refractivity contribution in [2.45, 2.75) is 0 Å². The molecular formula is C40H26N4. The quantitative estimate of drug-likeness (QED) is 0.209. The summed E-state index contributed by atoms with van der Waals surface area (Å²) in [4.78, 5) is 19.4. The molecule has 0 aliphatic rings. The SMILES string of the molecule is c1ccc(-c2cc(-c3ccncc3)cc(-c3cc(-c4cccc5ccccc45)nc(-c4cccc5ccccc45)n3)c2)nc1. The molecule has 4 nitrogen and oxygen atoms in total. The van der Waals surface area contributed by atoms with Gasteiger partial charge in [-0.3, -0.25) is 9.97 Å². The van der Waals surface area contributed by atoms with Crippen molar-refractivity contribution >= 4 is 21.5 Å². The van der Waals surface area contributed by atoms with E-state index >= 15 is 0 Å². The summed E-state index contributed by atoms with van der Waals surface area (Å²) in [5, 5.41) is 4.61. The Kier molecular flexibility index (Phi) is 6.43. The van der Waals surface area contributed by atoms with Gasteiger partial charge in [-0.15, -0.1) is 0 Å². The smallest absolute Gasteiger partial charge is 0.161 e. The molecule has 0 aliphatic heterocycles. The zero-order valence-electron chi connectivity index (χ0n) is 23.8. The fourth-order valence-electron chi connectivity index (χ4n) is 5.89. The maximum Gasteiger partial charge on any atom is 0.161 e. The molecule has 0 amide bonds. The molecule has 8 aromatic rings. The molecule has 5 aromatic carbocycles. The van der Waals surface area contributed by atoms with Crippen LogP contribution in [-0.2, 0) is 0 Å². The van der Waals surface area contributed by atoms with E-state index in [9.17, 15) is 0 Å². The van der Waals surface area contributed by atoms with Crippen LogP contribution in [0.2, 0.25) is 0 Å². The van der Waals surface area contributed by atoms with Crippen LogP contribution in [0.15, 0.2) is 158 Å². The van der Waals surface area contributed by atoms with Gasteiger partial charge in [0, 0.05) is 40.8 Å². The average Bonchev–Trinajstić information content (AvgIpc) is 3.11. The highest BCUT2D eigenvalue weighted by atomic mass is 14.9. The molecule has 3 aromatic heterocycles. The Labute approximate surface area is 255 Å². The van der Waals surface area contributed by atoms with Gasteiger partial charge in [-0.2, -0.15) is 0 Å². The van der Waals surface area contributed by atoms with Crippen molar-refractivity contribution in [2.24, 2.45) is 0 Å². The first-order valence-electron chi connectivity index (χ1n) is 14.6. The second-order valence-electron chi connectivity index (χ2n) is 10.8. The van der Waals surface area contributed by atoms with Crippen molar-refractivity contribution in [1.82, 2.24) is 19.9 Å². The Bertz CT molecular complexity index is 2110. The number of hydrogen-bond acceptors (Lipinski definition) is 4. The van der Waals surface area contributed by atoms with Gasteiger partial charge in [0.05, 0.1) is 17.1 Å². The molecule has 0 aliphatic carbocycles. The summed E-state index contributed by atoms with van der Waals surface area (Å²) < 4.78 is 0. The van der Waals surface area contributed by atoms with Gasteiger partial charge in [0.2, 0.25) is 0 Å². The Morgan fingerprint density at radius 1 is 0.364 bits per heavy atom. The lowest BCUT2D eigenvalue weighted by molar-refractivity contribution is 1.19. The summed E-state index contributed by atoms with van der Waals surface area (Å²) in [6.07, 6.45) is 5.48. The number of benzene rings is 5. The van der Waals surface area contributed by atoms with Crippen LogP contribution in [0.25, 0.3) is 77.8 Å². The largest absolute Gasteiger partial charge is 0.265 e. The van der Waals surface area contributed by atoms with Crippen LogP contribution in [0.4, 0.5) is 0 Å². The van der Waals surface area contributed by atoms with Crippen molar-refractivity contribution in [3.05, 3.63) is 158 Å². The molecule has 0 fully saturated rings. The normalized spacial score (nSPS) is 11.2. The maximum absolute atomic E-state index is 5.26. The van der Waals surface area contributed by atoms with E-state index in [0.717, 1.165) is 66.6 Å². The minimum Gasteiger partial charge on any atom is -0.265 e. The van der Waals surface area contributed by atoms with Crippen LogP contribution in [0.5, 0.6) is 0 Å². The lowest BCUT2D eigenvalue weighted by Crippen LogP contribution is -1.98. The summed E-state index contributed by atoms with van der Waals surface area (Å²) in [7, 11) is 0. The van der Waals surface area contributed by atoms with Crippen LogP contribution >= 0.6 is 0 Å². The van der Waals surface area contributed by atoms with E-state index < -0.39 is 0 Å². The third-order valence-electron chi connectivity index (χ3n) is 8.03. The second-order valence-corrected chi connectivity index (χ2v) is 10.8. The summed E-state index contributed by atoms with van der Waals surface area (Å²) in [6.45, 7) is 0. The lowest BCUT2D eigenvalue weighted by atomic mass is 9.95. The monoisotopic (exact) mass is 562 g/mol. The van der Waals surface area contributed by atoms with Gasteiger partial charge in [0.15, 0.2) is 5.82 Å². The molecule has 0 radical (unpaired) electrons. The van der Waals surface area contributed by atoms with E-state index in [0.29, 0.717) is 5.82 Å². The summed E-state index contributed by atoms with van der Waals surface area (Å²) in [5.74, 6) is 0.691. The van der Waals surface area contributed by atoms with Crippen molar-refractivity contribution in [3.8, 4) is 56.3 Å². The third-order valence-corrected chi connectivity index (χ3v) is 8.03. The van der Waals surface area contributed by atoms with Crippen molar-refractivity contribution in [2.75, 3.05) is 0 Å². The summed E-state index contributed by atoms with van der Waals surface area (Å²) in [5.41, 5.74) is 8.87. The highest BCUT2D eigenvalue weighted by molar-refractivity contribution is 5.98. The molecular weight excluding hydrogens is 536 g/mol. The zero-order chi connectivity index (χ0) is 29.3. The highest BCUT2D eigenvalue weighted by Crippen LogP contribution is 2.36. The van der Waals surface area contributed by atoms with Crippen molar-refractivity contribution in [3.63, 3.8) is 0 Å². The predicted molar refractivity (Wildman–Crippen MR) is 180 cm³/mol. The Hall–Kier alpha value is -6.00. The Balaban J connectivity index is 1.41. The van der Waals surface area contributed by atoms with Crippen molar-refractivity contribution < 1.29 is 0 Å². The number of aromatic nitrogens is 4. The van der Waals surface area contributed by atoms with E-state index in [1.54, 1.807) is 0 Å². The van der Waals surface area contributed by atoms with Gasteiger partial charge in [0.1, 0.15) is 0 Å². The van der Waals surface area contributed by atoms with E-state index in [1.165, 1.54) is 5.39 Å². The molecule has 44 heavy (non-hydrogen) atoms. The second kappa shape index (κ2) is 11.0. The molecule has 3 heterocycles. The minimum absolute atomic E-state index is 0.691. The van der Waals surface area contributed by atoms with E-state index in [4.69, 9.17) is 9.97 Å². The minimum atomic E-state index is 0.691. The Morgan fingerprint density at radius 3 is 1.68 bits per heavy atom. The lowest BCUT2D eigenvalue weighted by Gasteiger charge is -2.14. The van der Waals surface area contributed by atoms with E-state index in [-0.39, 0.29) is 0 Å². The van der Waals surface area contributed by atoms with Gasteiger partial charge < -0.3 is 0 Å². The molecule has 4 heteroatoms. The molecule has 0 bridgehead atoms. The van der Waals surface area contributed by atoms with Crippen LogP contribution in [0.3, 0.4) is 0 Å². The maximum atomic E-state index is 5.26. The fraction of sp³-hybridized carbons (Fsp3) is 0. The molecule has 0 saturated heterocycles. The van der Waals surface area contributed by atoms with Gasteiger partial charge in [-0.1, -0.05) is 91.0 Å². The molecule has 0 saturated carbocycles. The molecule has 0 unspecified atom stereocenters. The number of hydrogen-bond donors (Lipinski definition) is 0. The third kappa shape index (κ3) is 4.79. The number of nitrogens with zero attached hydrogens (tertiary/aromatic N) is 4. The molecule has 0 spiro atoms. The summed E-state index contributed by atoms with van der Waals surface area (Å²) >= 11 is 0. The Morgan fingerprint density at radius 2 is 0.955 bits per heavy atom. The van der Waals surface area contributed by atoms with Gasteiger partial charge in [0.25, 0.3) is 0 Å². The molecule has 0 atom stereocenters. The van der Waals surface area contributed by atoms with Crippen LogP contribution in [0.1, 0.15) is 0 Å². The fourth-order valence-corrected chi connectivity index (χ4v) is 5.89. The molecule has 8 rings (SSSR count). The number of fused-ring (bicyclic) bond motifs is 2. The van der Waals surface area contributed by atoms with Crippen LogP contribution < -0.4 is 0 Å². The van der Waals surface area contributed by atoms with Gasteiger partial charge in [-0.05, 0) is 81.2 Å². The van der Waals surface area contributed by atoms with E-state index in [1.807, 2.05) is 48.9 Å². The first kappa shape index (κ1) is 25.7. The average molecular weight is 563 g/mol. The first-order chi connectivity index (χ1) is 21.8. The summed E-state index contributed by atoms with van der Waals surface area (Å²) in [6, 6.07) is 48.3. The highest BCUT2D eigenvalue weighted by Gasteiger charge is 2.16. The van der Waals surface area contributed by atoms with Crippen molar-refractivity contribution in [1.29, 1.82) is 0 Å². The predicted octanol–water partition coefficient (Wildman–Crippen LogP) is 9.91. The molecule has 206 valence electrons. The molecule has 0 N–H and O–H groups in total. The van der Waals surface area contributed by atoms with Crippen LogP contribution in [-0.4, -0.2) is 19.9 Å². The first-order valence-corrected chi connectivity index (χ1v) is 14.6. The van der Waals surface area contributed by atoms with Crippen LogP contribution in [0, 0.1) is 0 Å². The zero-order valence-corrected chi connectivity index (χ0v) is 23.8.